The third-order valence-electron chi connectivity index (χ3n) is 4.54. The van der Waals surface area contributed by atoms with Crippen LogP contribution in [-0.4, -0.2) is 18.4 Å². The minimum atomic E-state index is -2.12. The summed E-state index contributed by atoms with van der Waals surface area (Å²) in [7, 11) is 0. The zero-order valence-corrected chi connectivity index (χ0v) is 18.3. The van der Waals surface area contributed by atoms with Gasteiger partial charge in [0.25, 0.3) is 0 Å². The van der Waals surface area contributed by atoms with Gasteiger partial charge in [0, 0.05) is 0 Å². The molecule has 0 saturated heterocycles. The van der Waals surface area contributed by atoms with Gasteiger partial charge in [-0.25, -0.2) is 0 Å². The topological polar surface area (TPSA) is 0 Å². The van der Waals surface area contributed by atoms with Crippen LogP contribution in [0.1, 0.15) is 98.3 Å². The maximum atomic E-state index is 3.97. The Balaban J connectivity index is 4.58. The summed E-state index contributed by atoms with van der Waals surface area (Å²) < 4.78 is 8.58. The van der Waals surface area contributed by atoms with E-state index < -0.39 is 18.4 Å². The van der Waals surface area contributed by atoms with E-state index in [1.165, 1.54) is 83.9 Å². The second-order valence-electron chi connectivity index (χ2n) is 6.70. The Hall–Kier alpha value is 0.359. The predicted octanol–water partition coefficient (Wildman–Crippen LogP) is 7.35. The van der Waals surface area contributed by atoms with Gasteiger partial charge in [0.15, 0.2) is 0 Å². The van der Waals surface area contributed by atoms with Crippen LogP contribution in [0.15, 0.2) is 0 Å². The third-order valence-corrected chi connectivity index (χ3v) is 17.8. The molecule has 0 rings (SSSR count). The second-order valence-corrected chi connectivity index (χ2v) is 19.0. The van der Waals surface area contributed by atoms with Gasteiger partial charge in [-0.3, -0.25) is 0 Å². The van der Waals surface area contributed by atoms with Crippen molar-refractivity contribution >= 4 is 18.4 Å². The van der Waals surface area contributed by atoms with Crippen LogP contribution in [-0.2, 0) is 0 Å². The molecule has 0 aliphatic heterocycles. The van der Waals surface area contributed by atoms with E-state index in [0.717, 1.165) is 0 Å². The van der Waals surface area contributed by atoms with Crippen molar-refractivity contribution in [2.45, 2.75) is 112 Å². The van der Waals surface area contributed by atoms with Gasteiger partial charge < -0.3 is 0 Å². The summed E-state index contributed by atoms with van der Waals surface area (Å²) in [6, 6.07) is 0. The van der Waals surface area contributed by atoms with Crippen molar-refractivity contribution in [2.24, 2.45) is 0 Å². The van der Waals surface area contributed by atoms with E-state index in [-0.39, 0.29) is 0 Å². The van der Waals surface area contributed by atoms with Gasteiger partial charge in [0.1, 0.15) is 0 Å². The van der Waals surface area contributed by atoms with Crippen LogP contribution in [0.4, 0.5) is 0 Å². The van der Waals surface area contributed by atoms with Crippen molar-refractivity contribution in [2.75, 3.05) is 0 Å². The molecule has 0 bridgehead atoms. The molecule has 0 nitrogen and oxygen atoms in total. The second kappa shape index (κ2) is 15.3. The molecular weight excluding hydrogens is 359 g/mol. The Morgan fingerprint density at radius 1 is 0.571 bits per heavy atom. The van der Waals surface area contributed by atoms with Crippen molar-refractivity contribution < 1.29 is 0 Å². The molecule has 0 amide bonds. The Kier molecular flexibility index (Phi) is 15.5. The Labute approximate surface area is 139 Å². The number of rotatable bonds is 13. The predicted molar refractivity (Wildman–Crippen MR) is 101 cm³/mol. The molecule has 0 saturated carbocycles. The molecule has 0 radical (unpaired) electrons. The van der Waals surface area contributed by atoms with Crippen LogP contribution in [0.25, 0.3) is 0 Å². The molecule has 0 fully saturated rings. The van der Waals surface area contributed by atoms with Crippen LogP contribution in [0.2, 0.25) is 13.3 Å². The van der Waals surface area contributed by atoms with E-state index in [1.54, 1.807) is 0 Å². The molecule has 0 aliphatic carbocycles. The van der Waals surface area contributed by atoms with Gasteiger partial charge in [-0.15, -0.1) is 0 Å². The fraction of sp³-hybridized carbons (Fsp3) is 0.900. The zero-order valence-electron chi connectivity index (χ0n) is 15.4. The fourth-order valence-corrected chi connectivity index (χ4v) is 16.5. The fourth-order valence-electron chi connectivity index (χ4n) is 3.00. The quantitative estimate of drug-likeness (QED) is 0.173. The van der Waals surface area contributed by atoms with Gasteiger partial charge in [-0.2, -0.15) is 0 Å². The summed E-state index contributed by atoms with van der Waals surface area (Å²) in [5, 5.41) is 0. The van der Waals surface area contributed by atoms with E-state index in [0.29, 0.717) is 0 Å². The molecule has 0 aromatic carbocycles. The molecule has 0 aromatic rings. The van der Waals surface area contributed by atoms with Gasteiger partial charge in [-0.1, -0.05) is 0 Å². The first-order valence-corrected chi connectivity index (χ1v) is 17.2. The van der Waals surface area contributed by atoms with E-state index in [4.69, 9.17) is 0 Å². The molecular formula is C20H40Sn. The van der Waals surface area contributed by atoms with Gasteiger partial charge in [0.2, 0.25) is 0 Å². The molecule has 124 valence electrons. The van der Waals surface area contributed by atoms with E-state index in [1.807, 2.05) is 0 Å². The summed E-state index contributed by atoms with van der Waals surface area (Å²) in [6.07, 6.45) is 15.0. The average molecular weight is 399 g/mol. The first-order valence-electron chi connectivity index (χ1n) is 9.74. The summed E-state index contributed by atoms with van der Waals surface area (Å²) in [5.41, 5.74) is 0. The molecule has 0 unspecified atom stereocenters. The normalized spacial score (nSPS) is 11.2. The van der Waals surface area contributed by atoms with Crippen LogP contribution in [0, 0.1) is 9.86 Å². The van der Waals surface area contributed by atoms with Crippen molar-refractivity contribution in [3.8, 4) is 9.86 Å². The van der Waals surface area contributed by atoms with Gasteiger partial charge >= 0.3 is 140 Å². The third kappa shape index (κ3) is 11.6. The van der Waals surface area contributed by atoms with Gasteiger partial charge in [0.05, 0.1) is 0 Å². The monoisotopic (exact) mass is 400 g/mol. The van der Waals surface area contributed by atoms with Crippen LogP contribution in [0.5, 0.6) is 0 Å². The molecule has 21 heavy (non-hydrogen) atoms. The number of hydrogen-bond acceptors (Lipinski definition) is 0. The summed E-state index contributed by atoms with van der Waals surface area (Å²) in [4.78, 5) is 0. The van der Waals surface area contributed by atoms with Crippen LogP contribution < -0.4 is 0 Å². The molecule has 0 aliphatic rings. The average Bonchev–Trinajstić information content (AvgIpc) is 2.51. The first-order chi connectivity index (χ1) is 10.2. The number of hydrogen-bond donors (Lipinski definition) is 0. The Bertz CT molecular complexity index is 250. The number of unbranched alkanes of at least 4 members (excludes halogenated alkanes) is 7. The van der Waals surface area contributed by atoms with Gasteiger partial charge in [-0.05, 0) is 0 Å². The molecule has 1 heteroatoms. The van der Waals surface area contributed by atoms with E-state index in [9.17, 15) is 0 Å². The summed E-state index contributed by atoms with van der Waals surface area (Å²) in [5.74, 6) is 3.66. The maximum absolute atomic E-state index is 3.97. The molecule has 0 aromatic heterocycles. The molecule has 0 heterocycles. The van der Waals surface area contributed by atoms with Crippen molar-refractivity contribution in [3.63, 3.8) is 0 Å². The van der Waals surface area contributed by atoms with Crippen molar-refractivity contribution in [3.05, 3.63) is 0 Å². The Morgan fingerprint density at radius 2 is 1.05 bits per heavy atom. The summed E-state index contributed by atoms with van der Waals surface area (Å²) in [6.45, 7) is 9.31. The summed E-state index contributed by atoms with van der Waals surface area (Å²) >= 11 is -2.12. The standard InChI is InChI=1S/C8H13.3C4H9.Sn/c1-3-5-7-8-6-4-2;3*1-3-4-2;/h3,5-8H2,1H3;3*1,3-4H2,2H3;. The Morgan fingerprint density at radius 3 is 1.48 bits per heavy atom. The minimum absolute atomic E-state index is 1.17. The molecule has 0 atom stereocenters. The molecule has 0 spiro atoms. The van der Waals surface area contributed by atoms with Crippen LogP contribution >= 0.6 is 0 Å². The van der Waals surface area contributed by atoms with Crippen molar-refractivity contribution in [1.82, 2.24) is 0 Å². The van der Waals surface area contributed by atoms with E-state index >= 15 is 0 Å². The van der Waals surface area contributed by atoms with Crippen molar-refractivity contribution in [1.29, 1.82) is 0 Å². The van der Waals surface area contributed by atoms with E-state index in [2.05, 4.69) is 37.6 Å². The van der Waals surface area contributed by atoms with Crippen LogP contribution in [0.3, 0.4) is 0 Å². The first kappa shape index (κ1) is 21.4. The SMILES string of the molecule is CCCCCCC#[C][Sn]([CH2]CCC)([CH2]CCC)[CH2]CCC. The zero-order chi connectivity index (χ0) is 15.8. The molecule has 0 N–H and O–H groups in total.